The van der Waals surface area contributed by atoms with E-state index < -0.39 is 0 Å². The molecule has 64 heavy (non-hydrogen) atoms. The Labute approximate surface area is 371 Å². The van der Waals surface area contributed by atoms with Crippen molar-refractivity contribution in [3.8, 4) is 39.4 Å². The maximum absolute atomic E-state index is 14.0. The summed E-state index contributed by atoms with van der Waals surface area (Å²) in [7, 11) is 0. The molecule has 11 aromatic carbocycles. The van der Waals surface area contributed by atoms with Gasteiger partial charge in [0.1, 0.15) is 5.82 Å². The van der Waals surface area contributed by atoms with Gasteiger partial charge in [0.05, 0.1) is 11.6 Å². The van der Waals surface area contributed by atoms with Crippen LogP contribution in [0.1, 0.15) is 16.7 Å². The Morgan fingerprint density at radius 1 is 0.375 bits per heavy atom. The van der Waals surface area contributed by atoms with Crippen LogP contribution >= 0.6 is 0 Å². The van der Waals surface area contributed by atoms with Gasteiger partial charge in [-0.05, 0) is 137 Å². The second-order valence-corrected chi connectivity index (χ2v) is 16.1. The fraction of sp³-hybridized carbons (Fsp3) is 0. The second kappa shape index (κ2) is 16.4. The number of anilines is 3. The molecule has 0 saturated heterocycles. The third kappa shape index (κ3) is 7.04. The van der Waals surface area contributed by atoms with Crippen LogP contribution < -0.4 is 4.90 Å². The Kier molecular flexibility index (Phi) is 9.81. The van der Waals surface area contributed by atoms with E-state index in [2.05, 4.69) is 193 Å². The fourth-order valence-electron chi connectivity index (χ4n) is 9.24. The van der Waals surface area contributed by atoms with Crippen molar-refractivity contribution in [3.05, 3.63) is 247 Å². The zero-order chi connectivity index (χ0) is 43.0. The molecule has 0 fully saturated rings. The Balaban J connectivity index is 0.866. The van der Waals surface area contributed by atoms with Crippen LogP contribution in [-0.2, 0) is 0 Å². The average molecular weight is 819 g/mol. The van der Waals surface area contributed by atoms with Crippen LogP contribution in [0.3, 0.4) is 0 Å². The highest BCUT2D eigenvalue weighted by Gasteiger charge is 2.19. The van der Waals surface area contributed by atoms with Gasteiger partial charge >= 0.3 is 0 Å². The van der Waals surface area contributed by atoms with Gasteiger partial charge in [0, 0.05) is 22.4 Å². The van der Waals surface area contributed by atoms with Crippen LogP contribution in [0.5, 0.6) is 0 Å². The van der Waals surface area contributed by atoms with Gasteiger partial charge in [0.15, 0.2) is 0 Å². The first-order valence-electron chi connectivity index (χ1n) is 21.5. The molecule has 0 heterocycles. The van der Waals surface area contributed by atoms with E-state index in [1.54, 1.807) is 0 Å². The van der Waals surface area contributed by atoms with E-state index in [0.29, 0.717) is 5.56 Å². The number of nitriles is 1. The van der Waals surface area contributed by atoms with Crippen LogP contribution in [-0.4, -0.2) is 0 Å². The maximum Gasteiger partial charge on any atom is 0.123 e. The lowest BCUT2D eigenvalue weighted by molar-refractivity contribution is 0.628. The molecule has 0 aliphatic carbocycles. The number of hydrogen-bond acceptors (Lipinski definition) is 2. The molecule has 0 unspecified atom stereocenters. The molecule has 0 atom stereocenters. The molecule has 0 radical (unpaired) electrons. The number of fused-ring (bicyclic) bond motifs is 4. The molecule has 0 aromatic heterocycles. The van der Waals surface area contributed by atoms with E-state index in [4.69, 9.17) is 0 Å². The van der Waals surface area contributed by atoms with E-state index in [0.717, 1.165) is 66.6 Å². The van der Waals surface area contributed by atoms with Crippen LogP contribution in [0.2, 0.25) is 0 Å². The number of benzene rings is 11. The first-order chi connectivity index (χ1) is 31.6. The topological polar surface area (TPSA) is 27.0 Å². The van der Waals surface area contributed by atoms with Crippen LogP contribution in [0, 0.1) is 17.1 Å². The standard InChI is InChI=1S/C61H39FN2/c62-49-31-36-51(37-32-49)64(52-35-29-43-9-1-2-10-47(43)39-52)50-33-21-42(22-34-50)18-17-41-19-23-44(24-20-41)45-25-27-46(28-26-45)60-55-13-5-7-15-57(55)61(58-16-8-6-14-56(58)60)59-38-30-48(40-63)53-11-3-4-12-54(53)59/h1-39H/b18-17+. The minimum atomic E-state index is -0.259. The Morgan fingerprint density at radius 3 is 1.42 bits per heavy atom. The van der Waals surface area contributed by atoms with Crippen molar-refractivity contribution < 1.29 is 4.39 Å². The lowest BCUT2D eigenvalue weighted by Gasteiger charge is -2.26. The predicted octanol–water partition coefficient (Wildman–Crippen LogP) is 17.0. The number of halogens is 1. The average Bonchev–Trinajstić information content (AvgIpc) is 3.36. The van der Waals surface area contributed by atoms with Crippen molar-refractivity contribution in [2.75, 3.05) is 4.90 Å². The van der Waals surface area contributed by atoms with Gasteiger partial charge in [-0.25, -0.2) is 4.39 Å². The van der Waals surface area contributed by atoms with Gasteiger partial charge in [-0.2, -0.15) is 5.26 Å². The second-order valence-electron chi connectivity index (χ2n) is 16.1. The van der Waals surface area contributed by atoms with Crippen molar-refractivity contribution in [1.29, 1.82) is 5.26 Å². The molecule has 11 rings (SSSR count). The summed E-state index contributed by atoms with van der Waals surface area (Å²) in [5.74, 6) is -0.259. The molecular weight excluding hydrogens is 780 g/mol. The van der Waals surface area contributed by atoms with Crippen molar-refractivity contribution in [2.24, 2.45) is 0 Å². The Hall–Kier alpha value is -8.58. The van der Waals surface area contributed by atoms with Crippen LogP contribution in [0.15, 0.2) is 224 Å². The molecule has 0 saturated carbocycles. The lowest BCUT2D eigenvalue weighted by Crippen LogP contribution is -2.09. The molecule has 0 bridgehead atoms. The fourth-order valence-corrected chi connectivity index (χ4v) is 9.24. The number of rotatable bonds is 8. The van der Waals surface area contributed by atoms with E-state index in [9.17, 15) is 9.65 Å². The Morgan fingerprint density at radius 2 is 0.828 bits per heavy atom. The molecular formula is C61H39FN2. The molecule has 300 valence electrons. The highest BCUT2D eigenvalue weighted by atomic mass is 19.1. The molecule has 2 nitrogen and oxygen atoms in total. The normalized spacial score (nSPS) is 11.4. The van der Waals surface area contributed by atoms with E-state index >= 15 is 0 Å². The summed E-state index contributed by atoms with van der Waals surface area (Å²) in [5, 5.41) is 19.0. The summed E-state index contributed by atoms with van der Waals surface area (Å²) in [6.45, 7) is 0. The van der Waals surface area contributed by atoms with Crippen LogP contribution in [0.4, 0.5) is 21.5 Å². The molecule has 11 aromatic rings. The molecule has 3 heteroatoms. The molecule has 0 aliphatic rings. The minimum absolute atomic E-state index is 0.259. The highest BCUT2D eigenvalue weighted by Crippen LogP contribution is 2.46. The van der Waals surface area contributed by atoms with Gasteiger partial charge in [0.2, 0.25) is 0 Å². The zero-order valence-corrected chi connectivity index (χ0v) is 34.8. The van der Waals surface area contributed by atoms with Gasteiger partial charge in [-0.1, -0.05) is 182 Å². The van der Waals surface area contributed by atoms with Gasteiger partial charge in [-0.15, -0.1) is 0 Å². The summed E-state index contributed by atoms with van der Waals surface area (Å²) in [6.07, 6.45) is 4.28. The smallest absolute Gasteiger partial charge is 0.123 e. The summed E-state index contributed by atoms with van der Waals surface area (Å²) < 4.78 is 14.0. The minimum Gasteiger partial charge on any atom is -0.310 e. The third-order valence-corrected chi connectivity index (χ3v) is 12.4. The van der Waals surface area contributed by atoms with Crippen molar-refractivity contribution in [2.45, 2.75) is 0 Å². The van der Waals surface area contributed by atoms with Crippen LogP contribution in [0.25, 0.3) is 88.6 Å². The zero-order valence-electron chi connectivity index (χ0n) is 34.8. The predicted molar refractivity (Wildman–Crippen MR) is 267 cm³/mol. The van der Waals surface area contributed by atoms with Gasteiger partial charge in [0.25, 0.3) is 0 Å². The molecule has 0 spiro atoms. The van der Waals surface area contributed by atoms with Gasteiger partial charge in [-0.3, -0.25) is 0 Å². The van der Waals surface area contributed by atoms with Crippen molar-refractivity contribution >= 4 is 72.3 Å². The third-order valence-electron chi connectivity index (χ3n) is 12.4. The largest absolute Gasteiger partial charge is 0.310 e. The molecule has 0 amide bonds. The quantitative estimate of drug-likeness (QED) is 0.113. The first-order valence-corrected chi connectivity index (χ1v) is 21.5. The summed E-state index contributed by atoms with van der Waals surface area (Å²) in [5.41, 5.74) is 12.8. The monoisotopic (exact) mass is 818 g/mol. The maximum atomic E-state index is 14.0. The molecule has 0 N–H and O–H groups in total. The highest BCUT2D eigenvalue weighted by molar-refractivity contribution is 6.23. The SMILES string of the molecule is N#Cc1ccc(-c2c3ccccc3c(-c3ccc(-c4ccc(/C=C/c5ccc(N(c6ccc(F)cc6)c6ccc7ccccc7c6)cc5)cc4)cc3)c3ccccc23)c2ccccc12. The first kappa shape index (κ1) is 38.3. The summed E-state index contributed by atoms with van der Waals surface area (Å²) in [4.78, 5) is 2.16. The lowest BCUT2D eigenvalue weighted by atomic mass is 9.84. The summed E-state index contributed by atoms with van der Waals surface area (Å²) in [6, 6.07) is 79.6. The van der Waals surface area contributed by atoms with Gasteiger partial charge < -0.3 is 4.90 Å². The molecule has 0 aliphatic heterocycles. The summed E-state index contributed by atoms with van der Waals surface area (Å²) >= 11 is 0. The van der Waals surface area contributed by atoms with Crippen molar-refractivity contribution in [3.63, 3.8) is 0 Å². The van der Waals surface area contributed by atoms with E-state index in [1.807, 2.05) is 42.5 Å². The Bertz CT molecular complexity index is 3540. The number of hydrogen-bond donors (Lipinski definition) is 0. The number of nitrogens with zero attached hydrogens (tertiary/aromatic N) is 2. The van der Waals surface area contributed by atoms with Crippen molar-refractivity contribution in [1.82, 2.24) is 0 Å². The van der Waals surface area contributed by atoms with E-state index in [-0.39, 0.29) is 5.82 Å². The van der Waals surface area contributed by atoms with E-state index in [1.165, 1.54) is 50.2 Å².